The molecule has 0 amide bonds. The normalized spacial score (nSPS) is 10.8. The second kappa shape index (κ2) is 3.57. The predicted molar refractivity (Wildman–Crippen MR) is 64.7 cm³/mol. The molecule has 0 saturated carbocycles. The van der Waals surface area contributed by atoms with Gasteiger partial charge in [-0.3, -0.25) is 9.97 Å². The molecule has 0 spiro atoms. The number of pyridine rings is 2. The van der Waals surface area contributed by atoms with Crippen molar-refractivity contribution in [3.8, 4) is 0 Å². The molecular formula is C12H8BN2O. The predicted octanol–water partition coefficient (Wildman–Crippen LogP) is 1.02. The summed E-state index contributed by atoms with van der Waals surface area (Å²) in [5, 5.41) is 11.0. The molecule has 0 aliphatic carbocycles. The molecule has 1 aromatic carbocycles. The number of hydrogen-bond donors (Lipinski definition) is 1. The van der Waals surface area contributed by atoms with Crippen molar-refractivity contribution in [2.45, 2.75) is 0 Å². The fraction of sp³-hybridized carbons (Fsp3) is 0. The summed E-state index contributed by atoms with van der Waals surface area (Å²) in [6.45, 7) is 0. The quantitative estimate of drug-likeness (QED) is 0.478. The maximum absolute atomic E-state index is 8.93. The first-order valence-corrected chi connectivity index (χ1v) is 4.99. The van der Waals surface area contributed by atoms with Crippen molar-refractivity contribution >= 4 is 34.8 Å². The van der Waals surface area contributed by atoms with Crippen LogP contribution < -0.4 is 5.46 Å². The van der Waals surface area contributed by atoms with Gasteiger partial charge in [0.15, 0.2) is 0 Å². The van der Waals surface area contributed by atoms with Crippen molar-refractivity contribution in [1.82, 2.24) is 9.97 Å². The molecule has 16 heavy (non-hydrogen) atoms. The zero-order valence-corrected chi connectivity index (χ0v) is 8.46. The van der Waals surface area contributed by atoms with E-state index in [1.807, 2.05) is 30.3 Å². The van der Waals surface area contributed by atoms with Crippen LogP contribution in [0.4, 0.5) is 0 Å². The Kier molecular flexibility index (Phi) is 2.08. The van der Waals surface area contributed by atoms with Gasteiger partial charge in [0.2, 0.25) is 0 Å². The van der Waals surface area contributed by atoms with Crippen LogP contribution in [0.3, 0.4) is 0 Å². The number of rotatable bonds is 1. The monoisotopic (exact) mass is 207 g/mol. The Bertz CT molecular complexity index is 669. The Morgan fingerprint density at radius 1 is 1.00 bits per heavy atom. The highest BCUT2D eigenvalue weighted by Gasteiger charge is 2.03. The summed E-state index contributed by atoms with van der Waals surface area (Å²) in [5.41, 5.74) is 2.45. The molecule has 1 N–H and O–H groups in total. The van der Waals surface area contributed by atoms with E-state index in [0.717, 1.165) is 29.3 Å². The third kappa shape index (κ3) is 1.35. The van der Waals surface area contributed by atoms with Crippen LogP contribution in [0.25, 0.3) is 21.8 Å². The van der Waals surface area contributed by atoms with E-state index in [4.69, 9.17) is 5.02 Å². The van der Waals surface area contributed by atoms with Gasteiger partial charge < -0.3 is 5.02 Å². The van der Waals surface area contributed by atoms with Gasteiger partial charge >= 0.3 is 7.48 Å². The summed E-state index contributed by atoms with van der Waals surface area (Å²) in [4.78, 5) is 8.66. The summed E-state index contributed by atoms with van der Waals surface area (Å²) in [6, 6.07) is 9.79. The molecule has 4 heteroatoms. The van der Waals surface area contributed by atoms with Gasteiger partial charge in [0.1, 0.15) is 0 Å². The second-order valence-electron chi connectivity index (χ2n) is 3.61. The van der Waals surface area contributed by atoms with Gasteiger partial charge in [-0.1, -0.05) is 24.3 Å². The molecular weight excluding hydrogens is 199 g/mol. The first-order chi connectivity index (χ1) is 7.88. The highest BCUT2D eigenvalue weighted by atomic mass is 16.2. The molecule has 2 heterocycles. The van der Waals surface area contributed by atoms with Crippen LogP contribution in [0.1, 0.15) is 0 Å². The van der Waals surface area contributed by atoms with Crippen LogP contribution in [0.5, 0.6) is 0 Å². The van der Waals surface area contributed by atoms with Crippen molar-refractivity contribution in [2.24, 2.45) is 0 Å². The molecule has 1 radical (unpaired) electrons. The summed E-state index contributed by atoms with van der Waals surface area (Å²) in [6.07, 6.45) is 3.39. The summed E-state index contributed by atoms with van der Waals surface area (Å²) >= 11 is 0. The van der Waals surface area contributed by atoms with Crippen LogP contribution in [0.15, 0.2) is 42.7 Å². The number of aromatic nitrogens is 2. The van der Waals surface area contributed by atoms with Crippen LogP contribution in [-0.2, 0) is 0 Å². The van der Waals surface area contributed by atoms with E-state index in [1.54, 1.807) is 12.4 Å². The molecule has 75 valence electrons. The second-order valence-corrected chi connectivity index (χ2v) is 3.61. The minimum Gasteiger partial charge on any atom is -0.450 e. The third-order valence-corrected chi connectivity index (χ3v) is 2.59. The van der Waals surface area contributed by atoms with Crippen molar-refractivity contribution in [3.63, 3.8) is 0 Å². The van der Waals surface area contributed by atoms with Gasteiger partial charge in [0.25, 0.3) is 0 Å². The molecule has 3 aromatic rings. The molecule has 0 unspecified atom stereocenters. The molecule has 0 saturated heterocycles. The van der Waals surface area contributed by atoms with Gasteiger partial charge in [0, 0.05) is 23.2 Å². The van der Waals surface area contributed by atoms with E-state index in [2.05, 4.69) is 9.97 Å². The molecule has 0 atom stereocenters. The smallest absolute Gasteiger partial charge is 0.328 e. The number of benzene rings is 1. The van der Waals surface area contributed by atoms with Gasteiger partial charge in [-0.25, -0.2) is 0 Å². The maximum Gasteiger partial charge on any atom is 0.328 e. The Morgan fingerprint density at radius 2 is 1.81 bits per heavy atom. The first-order valence-electron chi connectivity index (χ1n) is 4.99. The molecule has 0 fully saturated rings. The fourth-order valence-electron chi connectivity index (χ4n) is 1.82. The van der Waals surface area contributed by atoms with E-state index >= 15 is 0 Å². The maximum atomic E-state index is 8.93. The van der Waals surface area contributed by atoms with E-state index in [9.17, 15) is 0 Å². The van der Waals surface area contributed by atoms with Crippen molar-refractivity contribution in [3.05, 3.63) is 42.7 Å². The van der Waals surface area contributed by atoms with E-state index in [-0.39, 0.29) is 0 Å². The zero-order valence-electron chi connectivity index (χ0n) is 8.46. The van der Waals surface area contributed by atoms with Gasteiger partial charge in [-0.15, -0.1) is 0 Å². The summed E-state index contributed by atoms with van der Waals surface area (Å²) in [5.74, 6) is 0. The summed E-state index contributed by atoms with van der Waals surface area (Å²) in [7, 11) is 1.05. The van der Waals surface area contributed by atoms with Gasteiger partial charge in [-0.2, -0.15) is 0 Å². The van der Waals surface area contributed by atoms with Crippen LogP contribution in [-0.4, -0.2) is 22.5 Å². The fourth-order valence-corrected chi connectivity index (χ4v) is 1.82. The van der Waals surface area contributed by atoms with E-state index in [1.165, 1.54) is 0 Å². The molecule has 0 aliphatic heterocycles. The SMILES string of the molecule is O[B]c1cnc2c(ccc3cccnc32)c1. The lowest BCUT2D eigenvalue weighted by atomic mass is 9.89. The van der Waals surface area contributed by atoms with Crippen LogP contribution in [0.2, 0.25) is 0 Å². The third-order valence-electron chi connectivity index (χ3n) is 2.59. The van der Waals surface area contributed by atoms with Crippen molar-refractivity contribution in [2.75, 3.05) is 0 Å². The highest BCUT2D eigenvalue weighted by molar-refractivity contribution is 6.45. The molecule has 3 nitrogen and oxygen atoms in total. The van der Waals surface area contributed by atoms with Crippen molar-refractivity contribution in [1.29, 1.82) is 0 Å². The Hall–Kier alpha value is -1.94. The lowest BCUT2D eigenvalue weighted by molar-refractivity contribution is 0.615. The average Bonchev–Trinajstić information content (AvgIpc) is 2.38. The van der Waals surface area contributed by atoms with Crippen molar-refractivity contribution < 1.29 is 5.02 Å². The number of fused-ring (bicyclic) bond motifs is 3. The molecule has 0 bridgehead atoms. The number of nitrogens with zero attached hydrogens (tertiary/aromatic N) is 2. The van der Waals surface area contributed by atoms with Gasteiger partial charge in [-0.05, 0) is 11.5 Å². The molecule has 0 aliphatic rings. The largest absolute Gasteiger partial charge is 0.450 e. The lowest BCUT2D eigenvalue weighted by Crippen LogP contribution is -2.13. The first kappa shape index (κ1) is 9.30. The minimum atomic E-state index is 0.697. The lowest BCUT2D eigenvalue weighted by Gasteiger charge is -2.02. The minimum absolute atomic E-state index is 0.697. The Balaban J connectivity index is 2.43. The summed E-state index contributed by atoms with van der Waals surface area (Å²) < 4.78 is 0. The standard InChI is InChI=1S/C12H8BN2O/c16-13-10-6-9-4-3-8-2-1-5-14-11(8)12(9)15-7-10/h1-7,16H. The van der Waals surface area contributed by atoms with Gasteiger partial charge in [0.05, 0.1) is 11.0 Å². The van der Waals surface area contributed by atoms with E-state index in [0.29, 0.717) is 5.46 Å². The average molecular weight is 207 g/mol. The van der Waals surface area contributed by atoms with Crippen LogP contribution in [0, 0.1) is 0 Å². The number of hydrogen-bond acceptors (Lipinski definition) is 3. The zero-order chi connectivity index (χ0) is 11.0. The molecule has 2 aromatic heterocycles. The topological polar surface area (TPSA) is 46.0 Å². The Morgan fingerprint density at radius 3 is 2.69 bits per heavy atom. The Labute approximate surface area is 93.1 Å². The van der Waals surface area contributed by atoms with Crippen LogP contribution >= 0.6 is 0 Å². The van der Waals surface area contributed by atoms with E-state index < -0.39 is 0 Å². The molecule has 3 rings (SSSR count). The highest BCUT2D eigenvalue weighted by Crippen LogP contribution is 2.20.